The summed E-state index contributed by atoms with van der Waals surface area (Å²) >= 11 is 0. The standard InChI is InChI=1S/C22H21FN8O4/c1-12(25-27-22(32)19-13(2)26-30-31(19)21-20(24)28-35-29-21)15-6-9-17(18(10-15)33-3)34-11-14-4-7-16(23)8-5-14/h4-10H,11H2,1-3H3,(H2,24,28)(H,27,32)/b25-12+. The molecule has 4 rings (SSSR count). The summed E-state index contributed by atoms with van der Waals surface area (Å²) in [5, 5.41) is 19.0. The monoisotopic (exact) mass is 480 g/mol. The van der Waals surface area contributed by atoms with Crippen molar-refractivity contribution in [1.82, 2.24) is 30.7 Å². The molecule has 2 aromatic heterocycles. The van der Waals surface area contributed by atoms with Gasteiger partial charge in [0, 0.05) is 5.56 Å². The lowest BCUT2D eigenvalue weighted by Crippen LogP contribution is -2.24. The Labute approximate surface area is 198 Å². The molecule has 0 bridgehead atoms. The number of amides is 1. The molecule has 2 heterocycles. The van der Waals surface area contributed by atoms with Crippen molar-refractivity contribution >= 4 is 17.4 Å². The number of hydrogen-bond acceptors (Lipinski definition) is 10. The first-order chi connectivity index (χ1) is 16.9. The molecule has 4 aromatic rings. The summed E-state index contributed by atoms with van der Waals surface area (Å²) in [5.41, 5.74) is 10.6. The van der Waals surface area contributed by atoms with Crippen LogP contribution in [0.15, 0.2) is 52.2 Å². The molecule has 0 spiro atoms. The number of aromatic nitrogens is 5. The fourth-order valence-corrected chi connectivity index (χ4v) is 3.11. The number of benzene rings is 2. The number of hydrazone groups is 1. The van der Waals surface area contributed by atoms with E-state index in [4.69, 9.17) is 15.2 Å². The van der Waals surface area contributed by atoms with E-state index < -0.39 is 5.91 Å². The highest BCUT2D eigenvalue weighted by atomic mass is 19.1. The number of aryl methyl sites for hydroxylation is 1. The average molecular weight is 480 g/mol. The molecule has 0 saturated carbocycles. The highest BCUT2D eigenvalue weighted by Gasteiger charge is 2.23. The topological polar surface area (TPSA) is 156 Å². The molecule has 13 heteroatoms. The summed E-state index contributed by atoms with van der Waals surface area (Å²) < 4.78 is 30.0. The number of nitrogens with two attached hydrogens (primary N) is 1. The Balaban J connectivity index is 1.48. The lowest BCUT2D eigenvalue weighted by atomic mass is 10.1. The third-order valence-corrected chi connectivity index (χ3v) is 4.96. The predicted molar refractivity (Wildman–Crippen MR) is 122 cm³/mol. The molecule has 35 heavy (non-hydrogen) atoms. The number of rotatable bonds is 8. The van der Waals surface area contributed by atoms with Crippen LogP contribution in [-0.4, -0.2) is 44.0 Å². The molecule has 1 amide bonds. The molecule has 0 atom stereocenters. The van der Waals surface area contributed by atoms with Gasteiger partial charge >= 0.3 is 0 Å². The molecule has 0 aliphatic rings. The average Bonchev–Trinajstić information content (AvgIpc) is 3.46. The van der Waals surface area contributed by atoms with E-state index in [9.17, 15) is 9.18 Å². The van der Waals surface area contributed by atoms with Gasteiger partial charge in [0.05, 0.1) is 18.5 Å². The molecule has 0 radical (unpaired) electrons. The Morgan fingerprint density at radius 1 is 1.20 bits per heavy atom. The number of carbonyl (C=O) groups is 1. The molecule has 0 fully saturated rings. The van der Waals surface area contributed by atoms with Crippen molar-refractivity contribution in [2.24, 2.45) is 5.10 Å². The Morgan fingerprint density at radius 2 is 1.97 bits per heavy atom. The molecule has 0 unspecified atom stereocenters. The number of hydrogen-bond donors (Lipinski definition) is 2. The Morgan fingerprint density at radius 3 is 2.66 bits per heavy atom. The van der Waals surface area contributed by atoms with Crippen molar-refractivity contribution in [3.8, 4) is 17.3 Å². The number of nitrogens with one attached hydrogen (secondary N) is 1. The van der Waals surface area contributed by atoms with Crippen LogP contribution in [0.1, 0.15) is 34.2 Å². The second kappa shape index (κ2) is 9.99. The summed E-state index contributed by atoms with van der Waals surface area (Å²) in [5.74, 6) is 0.0717. The molecule has 0 aliphatic carbocycles. The number of halogens is 1. The Bertz CT molecular complexity index is 1380. The zero-order valence-electron chi connectivity index (χ0n) is 19.0. The van der Waals surface area contributed by atoms with Gasteiger partial charge in [0.15, 0.2) is 17.2 Å². The highest BCUT2D eigenvalue weighted by molar-refractivity contribution is 6.01. The number of ether oxygens (including phenoxy) is 2. The first kappa shape index (κ1) is 23.4. The molecule has 2 aromatic carbocycles. The van der Waals surface area contributed by atoms with E-state index in [0.717, 1.165) is 10.2 Å². The van der Waals surface area contributed by atoms with Crippen LogP contribution in [0.2, 0.25) is 0 Å². The maximum absolute atomic E-state index is 13.1. The van der Waals surface area contributed by atoms with E-state index in [-0.39, 0.29) is 29.8 Å². The van der Waals surface area contributed by atoms with Gasteiger partial charge < -0.3 is 15.2 Å². The minimum Gasteiger partial charge on any atom is -0.493 e. The summed E-state index contributed by atoms with van der Waals surface area (Å²) in [6.45, 7) is 3.57. The van der Waals surface area contributed by atoms with Gasteiger partial charge in [-0.1, -0.05) is 17.3 Å². The zero-order valence-corrected chi connectivity index (χ0v) is 19.0. The van der Waals surface area contributed by atoms with Crippen LogP contribution in [0.25, 0.3) is 5.82 Å². The normalized spacial score (nSPS) is 11.4. The quantitative estimate of drug-likeness (QED) is 0.286. The largest absolute Gasteiger partial charge is 0.493 e. The molecule has 0 aliphatic heterocycles. The first-order valence-corrected chi connectivity index (χ1v) is 10.3. The molecular formula is C22H21FN8O4. The minimum atomic E-state index is -0.583. The van der Waals surface area contributed by atoms with Crippen molar-refractivity contribution in [3.63, 3.8) is 0 Å². The molecule has 180 valence electrons. The van der Waals surface area contributed by atoms with Crippen molar-refractivity contribution in [3.05, 3.63) is 70.8 Å². The van der Waals surface area contributed by atoms with Gasteiger partial charge in [-0.2, -0.15) is 9.78 Å². The van der Waals surface area contributed by atoms with Gasteiger partial charge in [-0.3, -0.25) is 4.79 Å². The second-order valence-electron chi connectivity index (χ2n) is 7.33. The number of carbonyl (C=O) groups excluding carboxylic acids is 1. The van der Waals surface area contributed by atoms with Gasteiger partial charge in [-0.25, -0.2) is 14.4 Å². The second-order valence-corrected chi connectivity index (χ2v) is 7.33. The van der Waals surface area contributed by atoms with Crippen LogP contribution in [0.3, 0.4) is 0 Å². The van der Waals surface area contributed by atoms with E-state index in [1.54, 1.807) is 44.2 Å². The van der Waals surface area contributed by atoms with Crippen molar-refractivity contribution in [2.45, 2.75) is 20.5 Å². The van der Waals surface area contributed by atoms with Crippen LogP contribution in [0, 0.1) is 12.7 Å². The van der Waals surface area contributed by atoms with Crippen molar-refractivity contribution in [1.29, 1.82) is 0 Å². The maximum Gasteiger partial charge on any atom is 0.292 e. The van der Waals surface area contributed by atoms with E-state index >= 15 is 0 Å². The van der Waals surface area contributed by atoms with E-state index in [0.29, 0.717) is 28.5 Å². The molecule has 3 N–H and O–H groups in total. The fourth-order valence-electron chi connectivity index (χ4n) is 3.11. The SMILES string of the molecule is COc1cc(/C(C)=N/NC(=O)c2c(C)nnn2-c2nonc2N)ccc1OCc1ccc(F)cc1. The summed E-state index contributed by atoms with van der Waals surface area (Å²) in [6.07, 6.45) is 0. The number of methoxy groups -OCH3 is 1. The van der Waals surface area contributed by atoms with Crippen LogP contribution in [-0.2, 0) is 6.61 Å². The third kappa shape index (κ3) is 5.08. The lowest BCUT2D eigenvalue weighted by molar-refractivity contribution is 0.0946. The van der Waals surface area contributed by atoms with Crippen molar-refractivity contribution in [2.75, 3.05) is 12.8 Å². The maximum atomic E-state index is 13.1. The van der Waals surface area contributed by atoms with Gasteiger partial charge in [0.25, 0.3) is 5.91 Å². The van der Waals surface area contributed by atoms with Crippen molar-refractivity contribution < 1.29 is 23.3 Å². The fraction of sp³-hybridized carbons (Fsp3) is 0.182. The number of anilines is 1. The van der Waals surface area contributed by atoms with Gasteiger partial charge in [-0.15, -0.1) is 5.10 Å². The molecule has 12 nitrogen and oxygen atoms in total. The van der Waals surface area contributed by atoms with Crippen LogP contribution in [0.4, 0.5) is 10.2 Å². The number of nitrogen functional groups attached to an aromatic ring is 1. The van der Waals surface area contributed by atoms with Gasteiger partial charge in [-0.05, 0) is 60.1 Å². The molecular weight excluding hydrogens is 459 g/mol. The Hall–Kier alpha value is -4.81. The molecule has 0 saturated heterocycles. The Kier molecular flexibility index (Phi) is 6.66. The third-order valence-electron chi connectivity index (χ3n) is 4.96. The number of nitrogens with zero attached hydrogens (tertiary/aromatic N) is 6. The summed E-state index contributed by atoms with van der Waals surface area (Å²) in [6, 6.07) is 11.3. The zero-order chi connectivity index (χ0) is 24.9. The lowest BCUT2D eigenvalue weighted by Gasteiger charge is -2.12. The van der Waals surface area contributed by atoms with E-state index in [1.165, 1.54) is 19.2 Å². The smallest absolute Gasteiger partial charge is 0.292 e. The van der Waals surface area contributed by atoms with E-state index in [1.807, 2.05) is 0 Å². The summed E-state index contributed by atoms with van der Waals surface area (Å²) in [4.78, 5) is 12.8. The minimum absolute atomic E-state index is 0.0393. The summed E-state index contributed by atoms with van der Waals surface area (Å²) in [7, 11) is 1.51. The van der Waals surface area contributed by atoms with E-state index in [2.05, 4.69) is 35.8 Å². The van der Waals surface area contributed by atoms with Gasteiger partial charge in [0.1, 0.15) is 12.4 Å². The first-order valence-electron chi connectivity index (χ1n) is 10.3. The van der Waals surface area contributed by atoms with Crippen LogP contribution < -0.4 is 20.6 Å². The van der Waals surface area contributed by atoms with Gasteiger partial charge in [0.2, 0.25) is 11.6 Å². The predicted octanol–water partition coefficient (Wildman–Crippen LogP) is 2.42. The highest BCUT2D eigenvalue weighted by Crippen LogP contribution is 2.29. The van der Waals surface area contributed by atoms with Crippen LogP contribution >= 0.6 is 0 Å². The van der Waals surface area contributed by atoms with Crippen LogP contribution in [0.5, 0.6) is 11.5 Å².